The minimum absolute atomic E-state index is 0.00125. The van der Waals surface area contributed by atoms with Crippen LogP contribution in [0.3, 0.4) is 0 Å². The van der Waals surface area contributed by atoms with Crippen LogP contribution in [0.4, 0.5) is 24.5 Å². The largest absolute Gasteiger partial charge is 0.416 e. The van der Waals surface area contributed by atoms with Crippen LogP contribution in [0.5, 0.6) is 0 Å². The van der Waals surface area contributed by atoms with E-state index in [1.165, 1.54) is 23.1 Å². The standard InChI is InChI=1S/C20H12F3N5/c21-20(22,23)14-6-2-1-5-11(14)17-12(9-24)18(26)28-16-8-4-3-7-15(16)27-19(28)13(17)10-25/h1-8,17,27H,26H2. The van der Waals surface area contributed by atoms with E-state index in [-0.39, 0.29) is 28.4 Å². The maximum Gasteiger partial charge on any atom is 0.416 e. The zero-order valence-corrected chi connectivity index (χ0v) is 14.2. The van der Waals surface area contributed by atoms with Gasteiger partial charge in [0.25, 0.3) is 0 Å². The van der Waals surface area contributed by atoms with Crippen LogP contribution in [0, 0.1) is 22.7 Å². The zero-order valence-electron chi connectivity index (χ0n) is 14.2. The van der Waals surface area contributed by atoms with Gasteiger partial charge >= 0.3 is 6.18 Å². The second-order valence-corrected chi connectivity index (χ2v) is 6.28. The first kappa shape index (κ1) is 17.5. The van der Waals surface area contributed by atoms with E-state index < -0.39 is 17.7 Å². The van der Waals surface area contributed by atoms with E-state index >= 15 is 0 Å². The molecule has 2 aromatic rings. The topological polar surface area (TPSA) is 88.9 Å². The molecule has 2 heterocycles. The molecule has 0 radical (unpaired) electrons. The third-order valence-corrected chi connectivity index (χ3v) is 4.79. The minimum atomic E-state index is -4.64. The van der Waals surface area contributed by atoms with Crippen LogP contribution in [-0.2, 0) is 6.18 Å². The Labute approximate surface area is 158 Å². The number of para-hydroxylation sites is 2. The summed E-state index contributed by atoms with van der Waals surface area (Å²) in [4.78, 5) is 1.50. The molecule has 0 saturated heterocycles. The number of nitriles is 2. The number of nitrogens with one attached hydrogen (secondary N) is 1. The highest BCUT2D eigenvalue weighted by atomic mass is 19.4. The van der Waals surface area contributed by atoms with E-state index in [1.807, 2.05) is 12.1 Å². The van der Waals surface area contributed by atoms with Gasteiger partial charge in [-0.3, -0.25) is 4.90 Å². The number of anilines is 2. The first-order valence-electron chi connectivity index (χ1n) is 8.24. The number of hydrogen-bond donors (Lipinski definition) is 2. The van der Waals surface area contributed by atoms with Crippen LogP contribution in [0.2, 0.25) is 0 Å². The van der Waals surface area contributed by atoms with Crippen LogP contribution < -0.4 is 16.0 Å². The van der Waals surface area contributed by atoms with Gasteiger partial charge in [-0.15, -0.1) is 0 Å². The Morgan fingerprint density at radius 3 is 2.29 bits per heavy atom. The van der Waals surface area contributed by atoms with Crippen molar-refractivity contribution in [3.8, 4) is 12.1 Å². The molecule has 1 atom stereocenters. The van der Waals surface area contributed by atoms with E-state index in [2.05, 4.69) is 5.32 Å². The van der Waals surface area contributed by atoms with Gasteiger partial charge in [0.15, 0.2) is 0 Å². The second kappa shape index (κ2) is 6.07. The number of benzene rings is 2. The third-order valence-electron chi connectivity index (χ3n) is 4.79. The third kappa shape index (κ3) is 2.39. The van der Waals surface area contributed by atoms with Crippen molar-refractivity contribution < 1.29 is 13.2 Å². The highest BCUT2D eigenvalue weighted by Crippen LogP contribution is 2.49. The molecular weight excluding hydrogens is 367 g/mol. The Balaban J connectivity index is 2.01. The van der Waals surface area contributed by atoms with Gasteiger partial charge in [-0.25, -0.2) is 0 Å². The van der Waals surface area contributed by atoms with Crippen LogP contribution in [0.1, 0.15) is 17.0 Å². The Morgan fingerprint density at radius 2 is 1.61 bits per heavy atom. The first-order chi connectivity index (χ1) is 13.4. The molecule has 2 aromatic carbocycles. The molecule has 0 saturated carbocycles. The van der Waals surface area contributed by atoms with Gasteiger partial charge in [0.1, 0.15) is 11.6 Å². The lowest BCUT2D eigenvalue weighted by Gasteiger charge is -2.32. The van der Waals surface area contributed by atoms with E-state index in [1.54, 1.807) is 24.3 Å². The van der Waals surface area contributed by atoms with E-state index in [0.29, 0.717) is 11.4 Å². The molecule has 28 heavy (non-hydrogen) atoms. The zero-order chi connectivity index (χ0) is 20.1. The molecular formula is C20H12F3N5. The molecule has 138 valence electrons. The van der Waals surface area contributed by atoms with Crippen molar-refractivity contribution in [2.24, 2.45) is 5.73 Å². The molecule has 3 N–H and O–H groups in total. The fourth-order valence-corrected chi connectivity index (χ4v) is 3.62. The van der Waals surface area contributed by atoms with Crippen molar-refractivity contribution in [3.63, 3.8) is 0 Å². The van der Waals surface area contributed by atoms with E-state index in [4.69, 9.17) is 5.73 Å². The summed E-state index contributed by atoms with van der Waals surface area (Å²) < 4.78 is 40.8. The number of halogens is 3. The number of alkyl halides is 3. The normalized spacial score (nSPS) is 18.2. The molecule has 0 fully saturated rings. The predicted molar refractivity (Wildman–Crippen MR) is 96.2 cm³/mol. The molecule has 2 aliphatic heterocycles. The summed E-state index contributed by atoms with van der Waals surface area (Å²) in [7, 11) is 0. The number of allylic oxidation sites excluding steroid dienone is 2. The fourth-order valence-electron chi connectivity index (χ4n) is 3.62. The average molecular weight is 379 g/mol. The Bertz CT molecular complexity index is 1130. The van der Waals surface area contributed by atoms with Crippen LogP contribution in [0.25, 0.3) is 0 Å². The Hall–Kier alpha value is -3.91. The molecule has 1 unspecified atom stereocenters. The van der Waals surface area contributed by atoms with Crippen LogP contribution >= 0.6 is 0 Å². The summed E-state index contributed by atoms with van der Waals surface area (Å²) in [5.41, 5.74) is 6.29. The summed E-state index contributed by atoms with van der Waals surface area (Å²) in [6.07, 6.45) is -4.64. The second-order valence-electron chi connectivity index (χ2n) is 6.28. The lowest BCUT2D eigenvalue weighted by Crippen LogP contribution is -2.35. The first-order valence-corrected chi connectivity index (χ1v) is 8.24. The van der Waals surface area contributed by atoms with E-state index in [0.717, 1.165) is 6.07 Å². The van der Waals surface area contributed by atoms with Crippen molar-refractivity contribution in [3.05, 3.63) is 82.4 Å². The lowest BCUT2D eigenvalue weighted by molar-refractivity contribution is -0.138. The van der Waals surface area contributed by atoms with Gasteiger partial charge in [-0.2, -0.15) is 23.7 Å². The quantitative estimate of drug-likeness (QED) is 0.777. The molecule has 2 aliphatic rings. The molecule has 0 aromatic heterocycles. The number of hydrogen-bond acceptors (Lipinski definition) is 5. The number of fused-ring (bicyclic) bond motifs is 3. The average Bonchev–Trinajstić information content (AvgIpc) is 3.07. The summed E-state index contributed by atoms with van der Waals surface area (Å²) in [5, 5.41) is 22.6. The van der Waals surface area contributed by atoms with Crippen molar-refractivity contribution in [2.75, 3.05) is 10.2 Å². The van der Waals surface area contributed by atoms with Crippen molar-refractivity contribution in [1.29, 1.82) is 10.5 Å². The Morgan fingerprint density at radius 1 is 0.964 bits per heavy atom. The van der Waals surface area contributed by atoms with Crippen molar-refractivity contribution in [2.45, 2.75) is 12.1 Å². The van der Waals surface area contributed by atoms with Gasteiger partial charge in [-0.1, -0.05) is 30.3 Å². The summed E-state index contributed by atoms with van der Waals surface area (Å²) in [5.74, 6) is -0.959. The SMILES string of the molecule is N#CC1=C(N)N2C(=C(C#N)C1c1ccccc1C(F)(F)F)Nc1ccccc12. The van der Waals surface area contributed by atoms with Gasteiger partial charge in [0, 0.05) is 0 Å². The molecule has 8 heteroatoms. The Kier molecular flexibility index (Phi) is 3.79. The van der Waals surface area contributed by atoms with Gasteiger partial charge in [-0.05, 0) is 23.8 Å². The van der Waals surface area contributed by atoms with Crippen LogP contribution in [0.15, 0.2) is 71.3 Å². The number of nitrogens with zero attached hydrogens (tertiary/aromatic N) is 3. The fraction of sp³-hybridized carbons (Fsp3) is 0.100. The molecule has 0 bridgehead atoms. The van der Waals surface area contributed by atoms with Crippen LogP contribution in [-0.4, -0.2) is 0 Å². The number of nitrogens with two attached hydrogens (primary N) is 1. The molecule has 0 amide bonds. The van der Waals surface area contributed by atoms with E-state index in [9.17, 15) is 23.7 Å². The molecule has 5 nitrogen and oxygen atoms in total. The van der Waals surface area contributed by atoms with Crippen molar-refractivity contribution in [1.82, 2.24) is 0 Å². The minimum Gasteiger partial charge on any atom is -0.384 e. The summed E-state index contributed by atoms with van der Waals surface area (Å²) in [6.45, 7) is 0. The molecule has 4 rings (SSSR count). The van der Waals surface area contributed by atoms with Crippen molar-refractivity contribution >= 4 is 11.4 Å². The highest BCUT2D eigenvalue weighted by molar-refractivity contribution is 5.86. The van der Waals surface area contributed by atoms with Gasteiger partial charge in [0.05, 0.1) is 46.1 Å². The summed E-state index contributed by atoms with van der Waals surface area (Å²) in [6, 6.07) is 15.9. The predicted octanol–water partition coefficient (Wildman–Crippen LogP) is 4.16. The number of rotatable bonds is 1. The molecule has 0 spiro atoms. The van der Waals surface area contributed by atoms with Gasteiger partial charge < -0.3 is 11.1 Å². The molecule has 0 aliphatic carbocycles. The maximum absolute atomic E-state index is 13.6. The smallest absolute Gasteiger partial charge is 0.384 e. The maximum atomic E-state index is 13.6. The lowest BCUT2D eigenvalue weighted by atomic mass is 9.81. The summed E-state index contributed by atoms with van der Waals surface area (Å²) >= 11 is 0. The monoisotopic (exact) mass is 379 g/mol. The highest BCUT2D eigenvalue weighted by Gasteiger charge is 2.43. The van der Waals surface area contributed by atoms with Gasteiger partial charge in [0.2, 0.25) is 0 Å².